The van der Waals surface area contributed by atoms with Crippen molar-refractivity contribution in [2.45, 2.75) is 51.0 Å². The normalized spacial score (nSPS) is 17.3. The Bertz CT molecular complexity index is 1620. The Morgan fingerprint density at radius 2 is 1.88 bits per heavy atom. The second-order valence-electron chi connectivity index (χ2n) is 11.6. The van der Waals surface area contributed by atoms with E-state index in [0.717, 1.165) is 0 Å². The molecule has 208 valence electrons. The topological polar surface area (TPSA) is 112 Å². The zero-order chi connectivity index (χ0) is 29.6. The number of nitrogens with one attached hydrogen (secondary N) is 4. The van der Waals surface area contributed by atoms with Crippen molar-refractivity contribution in [1.82, 2.24) is 21.0 Å². The minimum absolute atomic E-state index is 0.0939. The summed E-state index contributed by atoms with van der Waals surface area (Å²) >= 11 is 6.61. The molecule has 1 atom stereocenters. The smallest absolute Gasteiger partial charge is 0.262 e. The van der Waals surface area contributed by atoms with Crippen molar-refractivity contribution in [2.75, 3.05) is 17.2 Å². The molecule has 1 saturated carbocycles. The average molecular weight is 573 g/mol. The van der Waals surface area contributed by atoms with Crippen LogP contribution in [0.5, 0.6) is 0 Å². The van der Waals surface area contributed by atoms with Crippen molar-refractivity contribution in [3.05, 3.63) is 76.2 Å². The Hall–Kier alpha value is -4.06. The van der Waals surface area contributed by atoms with E-state index in [1.807, 2.05) is 0 Å². The fourth-order valence-electron chi connectivity index (χ4n) is 4.82. The van der Waals surface area contributed by atoms with E-state index >= 15 is 0 Å². The number of nitrogens with zero attached hydrogens (tertiary/aromatic N) is 4. The fourth-order valence-corrected chi connectivity index (χ4v) is 5.11. The van der Waals surface area contributed by atoms with Crippen LogP contribution in [-0.2, 0) is 5.44 Å². The number of pyridine rings is 1. The molecular weight excluding hydrogens is 545 g/mol. The SMILES string of the molecule is [B]C(Nc1cc(C#N)c2ncc(C#N)c(NCC(C)(C)C)c2c1)(C1=CN(C2(C(F)F)CC2)NN1)c1ccccc1Cl. The number of rotatable bonds is 8. The van der Waals surface area contributed by atoms with Crippen molar-refractivity contribution < 1.29 is 8.78 Å². The molecular formula is C29H28BClF2N8. The Balaban J connectivity index is 1.64. The third kappa shape index (κ3) is 5.24. The number of hydrogen-bond acceptors (Lipinski definition) is 8. The molecule has 1 unspecified atom stereocenters. The molecule has 0 amide bonds. The van der Waals surface area contributed by atoms with Crippen LogP contribution in [0.4, 0.5) is 20.2 Å². The number of hydrogen-bond donors (Lipinski definition) is 4. The van der Waals surface area contributed by atoms with Crippen LogP contribution >= 0.6 is 11.6 Å². The number of fused-ring (bicyclic) bond motifs is 1. The zero-order valence-corrected chi connectivity index (χ0v) is 23.6. The van der Waals surface area contributed by atoms with Crippen LogP contribution < -0.4 is 21.6 Å². The number of hydrazine groups is 2. The Morgan fingerprint density at radius 3 is 2.49 bits per heavy atom. The van der Waals surface area contributed by atoms with Gasteiger partial charge in [-0.05, 0) is 42.0 Å². The number of nitriles is 2. The molecule has 12 heteroatoms. The molecule has 2 aromatic carbocycles. The van der Waals surface area contributed by atoms with Gasteiger partial charge in [-0.3, -0.25) is 9.99 Å². The van der Waals surface area contributed by atoms with Crippen molar-refractivity contribution in [2.24, 2.45) is 5.41 Å². The lowest BCUT2D eigenvalue weighted by atomic mass is 9.69. The van der Waals surface area contributed by atoms with Gasteiger partial charge < -0.3 is 16.1 Å². The fraction of sp³-hybridized carbons (Fsp3) is 0.345. The van der Waals surface area contributed by atoms with E-state index in [4.69, 9.17) is 19.4 Å². The minimum atomic E-state index is -2.56. The highest BCUT2D eigenvalue weighted by atomic mass is 35.5. The van der Waals surface area contributed by atoms with Gasteiger partial charge in [0, 0.05) is 35.0 Å². The summed E-state index contributed by atoms with van der Waals surface area (Å²) < 4.78 is 27.8. The van der Waals surface area contributed by atoms with Crippen molar-refractivity contribution >= 4 is 41.7 Å². The molecule has 4 N–H and O–H groups in total. The number of halogens is 3. The van der Waals surface area contributed by atoms with E-state index in [1.54, 1.807) is 36.4 Å². The summed E-state index contributed by atoms with van der Waals surface area (Å²) in [5.41, 5.74) is 5.62. The third-order valence-electron chi connectivity index (χ3n) is 7.29. The van der Waals surface area contributed by atoms with E-state index in [0.29, 0.717) is 63.5 Å². The Morgan fingerprint density at radius 1 is 1.17 bits per heavy atom. The van der Waals surface area contributed by atoms with Gasteiger partial charge in [0.25, 0.3) is 6.43 Å². The molecule has 1 fully saturated rings. The van der Waals surface area contributed by atoms with Gasteiger partial charge >= 0.3 is 0 Å². The van der Waals surface area contributed by atoms with Crippen molar-refractivity contribution in [3.8, 4) is 12.1 Å². The van der Waals surface area contributed by atoms with Crippen LogP contribution in [0, 0.1) is 28.1 Å². The first-order chi connectivity index (χ1) is 19.4. The van der Waals surface area contributed by atoms with Crippen LogP contribution in [0.3, 0.4) is 0 Å². The van der Waals surface area contributed by atoms with Crippen molar-refractivity contribution in [1.29, 1.82) is 10.5 Å². The summed E-state index contributed by atoms with van der Waals surface area (Å²) in [5.74, 6) is 0. The van der Waals surface area contributed by atoms with Gasteiger partial charge in [-0.15, -0.1) is 5.53 Å². The largest absolute Gasteiger partial charge is 0.383 e. The standard InChI is InChI=1S/C29H28BClF2N8/c1-27(2,3)16-37-25-18(13-35)14-36-24-17(12-34)10-19(11-20(24)25)38-29(30,21-6-4-5-7-22(21)31)23-15-41(40-39-23)28(8-9-28)26(32)33/h4-7,10-11,14-15,26,38-40H,8-9,16H2,1-3H3,(H,36,37). The molecule has 1 aromatic heterocycles. The molecule has 8 nitrogen and oxygen atoms in total. The molecule has 0 bridgehead atoms. The van der Waals surface area contributed by atoms with E-state index in [1.165, 1.54) is 17.4 Å². The van der Waals surface area contributed by atoms with E-state index in [9.17, 15) is 19.3 Å². The van der Waals surface area contributed by atoms with Crippen LogP contribution in [0.25, 0.3) is 10.9 Å². The lowest BCUT2D eigenvalue weighted by Crippen LogP contribution is -2.50. The second-order valence-corrected chi connectivity index (χ2v) is 12.0. The maximum atomic E-state index is 13.9. The number of benzene rings is 2. The van der Waals surface area contributed by atoms with Gasteiger partial charge in [0.15, 0.2) is 0 Å². The summed E-state index contributed by atoms with van der Waals surface area (Å²) in [6.45, 7) is 6.75. The lowest BCUT2D eigenvalue weighted by molar-refractivity contribution is 0.00910. The summed E-state index contributed by atoms with van der Waals surface area (Å²) in [5, 5.41) is 28.8. The molecule has 0 spiro atoms. The maximum Gasteiger partial charge on any atom is 0.262 e. The summed E-state index contributed by atoms with van der Waals surface area (Å²) in [4.78, 5) is 4.40. The highest BCUT2D eigenvalue weighted by Crippen LogP contribution is 2.48. The molecule has 2 aliphatic rings. The van der Waals surface area contributed by atoms with Crippen LogP contribution in [0.15, 0.2) is 54.5 Å². The van der Waals surface area contributed by atoms with Gasteiger partial charge in [-0.25, -0.2) is 8.78 Å². The third-order valence-corrected chi connectivity index (χ3v) is 7.62. The minimum Gasteiger partial charge on any atom is -0.383 e. The van der Waals surface area contributed by atoms with Crippen LogP contribution in [-0.4, -0.2) is 36.3 Å². The zero-order valence-electron chi connectivity index (χ0n) is 22.8. The highest BCUT2D eigenvalue weighted by Gasteiger charge is 2.57. The highest BCUT2D eigenvalue weighted by molar-refractivity contribution is 6.33. The van der Waals surface area contributed by atoms with E-state index in [2.05, 4.69) is 59.5 Å². The molecule has 1 aliphatic heterocycles. The first-order valence-electron chi connectivity index (χ1n) is 13.1. The van der Waals surface area contributed by atoms with Crippen LogP contribution in [0.1, 0.15) is 50.3 Å². The quantitative estimate of drug-likeness (QED) is 0.262. The molecule has 5 rings (SSSR count). The molecule has 41 heavy (non-hydrogen) atoms. The lowest BCUT2D eigenvalue weighted by Gasteiger charge is -2.35. The Kier molecular flexibility index (Phi) is 7.23. The predicted octanol–water partition coefficient (Wildman–Crippen LogP) is 5.49. The first kappa shape index (κ1) is 28.5. The van der Waals surface area contributed by atoms with E-state index < -0.39 is 17.4 Å². The molecule has 1 aliphatic carbocycles. The molecule has 2 radical (unpaired) electrons. The summed E-state index contributed by atoms with van der Waals surface area (Å²) in [7, 11) is 7.06. The molecule has 2 heterocycles. The summed E-state index contributed by atoms with van der Waals surface area (Å²) in [6, 6.07) is 14.7. The molecule has 0 saturated heterocycles. The van der Waals surface area contributed by atoms with E-state index in [-0.39, 0.29) is 11.0 Å². The number of anilines is 2. The monoisotopic (exact) mass is 572 g/mol. The van der Waals surface area contributed by atoms with Gasteiger partial charge in [-0.2, -0.15) is 10.5 Å². The number of alkyl halides is 2. The first-order valence-corrected chi connectivity index (χ1v) is 13.4. The maximum absolute atomic E-state index is 13.9. The van der Waals surface area contributed by atoms with Gasteiger partial charge in [0.05, 0.1) is 33.5 Å². The average Bonchev–Trinajstić information content (AvgIpc) is 3.59. The second kappa shape index (κ2) is 10.4. The van der Waals surface area contributed by atoms with Gasteiger partial charge in [0.2, 0.25) is 0 Å². The van der Waals surface area contributed by atoms with Crippen molar-refractivity contribution in [3.63, 3.8) is 0 Å². The van der Waals surface area contributed by atoms with Crippen LogP contribution in [0.2, 0.25) is 5.02 Å². The summed E-state index contributed by atoms with van der Waals surface area (Å²) in [6.07, 6.45) is 1.06. The Labute approximate surface area is 243 Å². The van der Waals surface area contributed by atoms with Gasteiger partial charge in [-0.1, -0.05) is 50.6 Å². The van der Waals surface area contributed by atoms with Gasteiger partial charge in [0.1, 0.15) is 25.5 Å². The molecule has 3 aromatic rings. The number of aromatic nitrogens is 1. The predicted molar refractivity (Wildman–Crippen MR) is 156 cm³/mol.